The van der Waals surface area contributed by atoms with Crippen LogP contribution in [0.15, 0.2) is 42.9 Å². The van der Waals surface area contributed by atoms with Crippen molar-refractivity contribution in [2.75, 3.05) is 5.32 Å². The number of carbonyl (C=O) groups excluding carboxylic acids is 1. The molecule has 0 aliphatic heterocycles. The van der Waals surface area contributed by atoms with Crippen molar-refractivity contribution in [3.05, 3.63) is 54.0 Å². The van der Waals surface area contributed by atoms with Gasteiger partial charge in [-0.05, 0) is 23.0 Å². The Kier molecular flexibility index (Phi) is 4.68. The number of amides is 1. The first kappa shape index (κ1) is 15.2. The summed E-state index contributed by atoms with van der Waals surface area (Å²) in [6.07, 6.45) is 5.82. The maximum atomic E-state index is 11.8. The molecular formula is C17H21N3O. The molecule has 4 heteroatoms. The summed E-state index contributed by atoms with van der Waals surface area (Å²) in [6.45, 7) is 6.57. The molecule has 2 rings (SSSR count). The van der Waals surface area contributed by atoms with Gasteiger partial charge in [-0.25, -0.2) is 4.98 Å². The average Bonchev–Trinajstić information content (AvgIpc) is 2.46. The van der Waals surface area contributed by atoms with Crippen LogP contribution in [0.2, 0.25) is 0 Å². The summed E-state index contributed by atoms with van der Waals surface area (Å²) in [5.41, 5.74) is 2.62. The van der Waals surface area contributed by atoms with Gasteiger partial charge >= 0.3 is 0 Å². The van der Waals surface area contributed by atoms with Gasteiger partial charge in [0.05, 0.1) is 6.20 Å². The third kappa shape index (κ3) is 4.67. The fraction of sp³-hybridized carbons (Fsp3) is 0.353. The number of nitrogens with zero attached hydrogens (tertiary/aromatic N) is 2. The highest BCUT2D eigenvalue weighted by Gasteiger charge is 2.13. The Morgan fingerprint density at radius 1 is 1.14 bits per heavy atom. The zero-order chi connectivity index (χ0) is 15.3. The molecule has 1 aromatic carbocycles. The van der Waals surface area contributed by atoms with Crippen LogP contribution in [0.4, 0.5) is 5.82 Å². The molecule has 0 saturated heterocycles. The number of hydrogen-bond acceptors (Lipinski definition) is 3. The molecule has 1 amide bonds. The summed E-state index contributed by atoms with van der Waals surface area (Å²) < 4.78 is 0. The quantitative estimate of drug-likeness (QED) is 0.936. The van der Waals surface area contributed by atoms with Crippen LogP contribution in [0.3, 0.4) is 0 Å². The van der Waals surface area contributed by atoms with Crippen molar-refractivity contribution < 1.29 is 4.79 Å². The first-order valence-corrected chi connectivity index (χ1v) is 7.10. The van der Waals surface area contributed by atoms with Crippen LogP contribution in [0.5, 0.6) is 0 Å². The Hall–Kier alpha value is -2.23. The zero-order valence-electron chi connectivity index (χ0n) is 12.8. The van der Waals surface area contributed by atoms with E-state index in [4.69, 9.17) is 0 Å². The molecule has 1 heterocycles. The van der Waals surface area contributed by atoms with E-state index < -0.39 is 0 Å². The fourth-order valence-electron chi connectivity index (χ4n) is 2.00. The van der Waals surface area contributed by atoms with Gasteiger partial charge in [0, 0.05) is 18.8 Å². The molecule has 4 nitrogen and oxygen atoms in total. The molecule has 0 saturated carbocycles. The van der Waals surface area contributed by atoms with Crippen molar-refractivity contribution in [2.45, 2.75) is 39.0 Å². The van der Waals surface area contributed by atoms with E-state index in [0.717, 1.165) is 12.0 Å². The summed E-state index contributed by atoms with van der Waals surface area (Å²) in [4.78, 5) is 19.8. The summed E-state index contributed by atoms with van der Waals surface area (Å²) in [5, 5.41) is 2.74. The summed E-state index contributed by atoms with van der Waals surface area (Å²) >= 11 is 0. The van der Waals surface area contributed by atoms with Crippen molar-refractivity contribution in [1.82, 2.24) is 9.97 Å². The van der Waals surface area contributed by atoms with E-state index in [0.29, 0.717) is 12.2 Å². The lowest BCUT2D eigenvalue weighted by molar-refractivity contribution is -0.116. The van der Waals surface area contributed by atoms with Crippen molar-refractivity contribution in [3.8, 4) is 0 Å². The highest BCUT2D eigenvalue weighted by atomic mass is 16.1. The molecule has 0 unspecified atom stereocenters. The van der Waals surface area contributed by atoms with Crippen LogP contribution in [0.25, 0.3) is 0 Å². The Labute approximate surface area is 125 Å². The van der Waals surface area contributed by atoms with Crippen LogP contribution >= 0.6 is 0 Å². The topological polar surface area (TPSA) is 54.9 Å². The van der Waals surface area contributed by atoms with Gasteiger partial charge in [0.1, 0.15) is 0 Å². The third-order valence-corrected chi connectivity index (χ3v) is 3.29. The molecule has 1 N–H and O–H groups in total. The fourth-order valence-corrected chi connectivity index (χ4v) is 2.00. The molecule has 0 aliphatic carbocycles. The smallest absolute Gasteiger partial charge is 0.225 e. The Balaban J connectivity index is 1.87. The van der Waals surface area contributed by atoms with Crippen molar-refractivity contribution in [3.63, 3.8) is 0 Å². The van der Waals surface area contributed by atoms with Gasteiger partial charge in [-0.1, -0.05) is 45.0 Å². The van der Waals surface area contributed by atoms with Gasteiger partial charge in [0.2, 0.25) is 5.91 Å². The molecule has 0 radical (unpaired) electrons. The minimum Gasteiger partial charge on any atom is -0.309 e. The number of aryl methyl sites for hydroxylation is 1. The molecule has 0 fully saturated rings. The maximum absolute atomic E-state index is 11.8. The number of benzene rings is 1. The number of carbonyl (C=O) groups is 1. The first-order valence-electron chi connectivity index (χ1n) is 7.10. The first-order chi connectivity index (χ1) is 9.95. The average molecular weight is 283 g/mol. The highest BCUT2D eigenvalue weighted by Crippen LogP contribution is 2.22. The lowest BCUT2D eigenvalue weighted by Crippen LogP contribution is -2.14. The highest BCUT2D eigenvalue weighted by molar-refractivity contribution is 5.89. The maximum Gasteiger partial charge on any atom is 0.225 e. The molecule has 0 atom stereocenters. The SMILES string of the molecule is CC(C)(C)c1ccc(CCC(=O)Nc2cnccn2)cc1. The van der Waals surface area contributed by atoms with Gasteiger partial charge < -0.3 is 5.32 Å². The predicted octanol–water partition coefficient (Wildman–Crippen LogP) is 3.35. The van der Waals surface area contributed by atoms with Crippen LogP contribution < -0.4 is 5.32 Å². The second-order valence-electron chi connectivity index (χ2n) is 6.09. The molecule has 1 aromatic heterocycles. The lowest BCUT2D eigenvalue weighted by atomic mass is 9.86. The predicted molar refractivity (Wildman–Crippen MR) is 84.1 cm³/mol. The monoisotopic (exact) mass is 283 g/mol. The normalized spacial score (nSPS) is 11.2. The summed E-state index contributed by atoms with van der Waals surface area (Å²) in [5.74, 6) is 0.445. The molecule has 0 spiro atoms. The molecule has 0 aliphatic rings. The number of anilines is 1. The van der Waals surface area contributed by atoms with Gasteiger partial charge in [-0.2, -0.15) is 0 Å². The standard InChI is InChI=1S/C17H21N3O/c1-17(2,3)14-7-4-13(5-8-14)6-9-16(21)20-15-12-18-10-11-19-15/h4-5,7-8,10-12H,6,9H2,1-3H3,(H,19,20,21). The van der Waals surface area contributed by atoms with E-state index in [-0.39, 0.29) is 11.3 Å². The van der Waals surface area contributed by atoms with Crippen LogP contribution in [0, 0.1) is 0 Å². The van der Waals surface area contributed by atoms with E-state index in [1.54, 1.807) is 12.4 Å². The van der Waals surface area contributed by atoms with E-state index in [9.17, 15) is 4.79 Å². The minimum absolute atomic E-state index is 0.0459. The lowest BCUT2D eigenvalue weighted by Gasteiger charge is -2.19. The Morgan fingerprint density at radius 3 is 2.43 bits per heavy atom. The Bertz CT molecular complexity index is 586. The van der Waals surface area contributed by atoms with Gasteiger partial charge in [0.15, 0.2) is 5.82 Å². The van der Waals surface area contributed by atoms with Gasteiger partial charge in [-0.3, -0.25) is 9.78 Å². The Morgan fingerprint density at radius 2 is 1.86 bits per heavy atom. The second-order valence-corrected chi connectivity index (χ2v) is 6.09. The van der Waals surface area contributed by atoms with Crippen LogP contribution in [0.1, 0.15) is 38.3 Å². The second kappa shape index (κ2) is 6.48. The van der Waals surface area contributed by atoms with Gasteiger partial charge in [0.25, 0.3) is 0 Å². The number of aromatic nitrogens is 2. The molecule has 110 valence electrons. The number of hydrogen-bond donors (Lipinski definition) is 1. The molecule has 2 aromatic rings. The number of rotatable bonds is 4. The largest absolute Gasteiger partial charge is 0.309 e. The van der Waals surface area contributed by atoms with E-state index in [2.05, 4.69) is 60.3 Å². The van der Waals surface area contributed by atoms with Crippen molar-refractivity contribution >= 4 is 11.7 Å². The van der Waals surface area contributed by atoms with E-state index >= 15 is 0 Å². The third-order valence-electron chi connectivity index (χ3n) is 3.29. The zero-order valence-corrected chi connectivity index (χ0v) is 12.8. The molecule has 0 bridgehead atoms. The summed E-state index contributed by atoms with van der Waals surface area (Å²) in [7, 11) is 0. The van der Waals surface area contributed by atoms with Crippen molar-refractivity contribution in [1.29, 1.82) is 0 Å². The van der Waals surface area contributed by atoms with E-state index in [1.165, 1.54) is 11.8 Å². The molecule has 21 heavy (non-hydrogen) atoms. The van der Waals surface area contributed by atoms with Crippen molar-refractivity contribution in [2.24, 2.45) is 0 Å². The van der Waals surface area contributed by atoms with Gasteiger partial charge in [-0.15, -0.1) is 0 Å². The minimum atomic E-state index is -0.0459. The summed E-state index contributed by atoms with van der Waals surface area (Å²) in [6, 6.07) is 8.46. The van der Waals surface area contributed by atoms with E-state index in [1.807, 2.05) is 0 Å². The number of nitrogens with one attached hydrogen (secondary N) is 1. The van der Waals surface area contributed by atoms with Crippen LogP contribution in [-0.4, -0.2) is 15.9 Å². The molecular weight excluding hydrogens is 262 g/mol. The van der Waals surface area contributed by atoms with Crippen LogP contribution in [-0.2, 0) is 16.6 Å².